The van der Waals surface area contributed by atoms with Gasteiger partial charge in [0.05, 0.1) is 11.2 Å². The Morgan fingerprint density at radius 3 is 2.89 bits per heavy atom. The summed E-state index contributed by atoms with van der Waals surface area (Å²) in [7, 11) is 0. The van der Waals surface area contributed by atoms with E-state index in [-0.39, 0.29) is 5.69 Å². The molecule has 1 aliphatic rings. The molecular weight excluding hydrogens is 385 g/mol. The summed E-state index contributed by atoms with van der Waals surface area (Å²) in [5, 5.41) is 3.63. The number of thioether (sulfide) groups is 1. The van der Waals surface area contributed by atoms with Gasteiger partial charge in [-0.25, -0.2) is 4.39 Å². The highest BCUT2D eigenvalue weighted by Crippen LogP contribution is 2.36. The van der Waals surface area contributed by atoms with Crippen molar-refractivity contribution in [1.29, 1.82) is 0 Å². The van der Waals surface area contributed by atoms with Crippen LogP contribution < -0.4 is 11.1 Å². The molecule has 27 heavy (non-hydrogen) atoms. The van der Waals surface area contributed by atoms with Crippen LogP contribution in [0.3, 0.4) is 0 Å². The quantitative estimate of drug-likeness (QED) is 0.720. The third-order valence-corrected chi connectivity index (χ3v) is 5.50. The van der Waals surface area contributed by atoms with E-state index >= 15 is 0 Å². The molecule has 0 saturated carbocycles. The first-order chi connectivity index (χ1) is 12.9. The van der Waals surface area contributed by atoms with E-state index in [4.69, 9.17) is 17.3 Å². The highest BCUT2D eigenvalue weighted by molar-refractivity contribution is 8.13. The molecule has 1 amide bonds. The Kier molecular flexibility index (Phi) is 5.87. The van der Waals surface area contributed by atoms with E-state index in [0.29, 0.717) is 15.8 Å². The lowest BCUT2D eigenvalue weighted by Gasteiger charge is -2.30. The number of carbonyl (C=O) groups is 1. The van der Waals surface area contributed by atoms with Crippen LogP contribution in [-0.2, 0) is 10.3 Å². The van der Waals surface area contributed by atoms with Crippen molar-refractivity contribution in [2.75, 3.05) is 11.1 Å². The van der Waals surface area contributed by atoms with Crippen LogP contribution in [0.15, 0.2) is 53.5 Å². The molecule has 1 atom stereocenters. The van der Waals surface area contributed by atoms with Gasteiger partial charge in [0, 0.05) is 16.9 Å². The van der Waals surface area contributed by atoms with E-state index in [0.717, 1.165) is 17.7 Å². The number of amides is 1. The van der Waals surface area contributed by atoms with Gasteiger partial charge in [0.1, 0.15) is 5.82 Å². The molecule has 4 nitrogen and oxygen atoms in total. The third-order valence-electron chi connectivity index (χ3n) is 4.36. The van der Waals surface area contributed by atoms with E-state index in [9.17, 15) is 9.18 Å². The topological polar surface area (TPSA) is 67.5 Å². The Balaban J connectivity index is 1.80. The first-order valence-corrected chi connectivity index (χ1v) is 9.75. The summed E-state index contributed by atoms with van der Waals surface area (Å²) in [6.45, 7) is 1.95. The van der Waals surface area contributed by atoms with Gasteiger partial charge in [-0.3, -0.25) is 9.79 Å². The summed E-state index contributed by atoms with van der Waals surface area (Å²) in [6, 6.07) is 11.8. The van der Waals surface area contributed by atoms with Gasteiger partial charge < -0.3 is 11.1 Å². The number of hydrogen-bond acceptors (Lipinski definition) is 4. The van der Waals surface area contributed by atoms with E-state index in [1.807, 2.05) is 13.0 Å². The van der Waals surface area contributed by atoms with Gasteiger partial charge in [-0.15, -0.1) is 0 Å². The van der Waals surface area contributed by atoms with Crippen molar-refractivity contribution >= 4 is 46.2 Å². The minimum absolute atomic E-state index is 0.106. The molecule has 2 aromatic carbocycles. The van der Waals surface area contributed by atoms with Crippen LogP contribution in [0, 0.1) is 5.82 Å². The zero-order valence-electron chi connectivity index (χ0n) is 14.7. The fourth-order valence-corrected chi connectivity index (χ4v) is 3.97. The lowest BCUT2D eigenvalue weighted by atomic mass is 9.89. The molecule has 0 radical (unpaired) electrons. The van der Waals surface area contributed by atoms with Gasteiger partial charge in [-0.05, 0) is 48.7 Å². The van der Waals surface area contributed by atoms with Crippen LogP contribution >= 0.6 is 23.4 Å². The normalized spacial score (nSPS) is 19.7. The minimum Gasteiger partial charge on any atom is -0.379 e. The lowest BCUT2D eigenvalue weighted by molar-refractivity contribution is -0.111. The summed E-state index contributed by atoms with van der Waals surface area (Å²) in [5.41, 5.74) is 6.94. The molecule has 7 heteroatoms. The molecule has 0 saturated heterocycles. The van der Waals surface area contributed by atoms with Gasteiger partial charge in [-0.2, -0.15) is 0 Å². The maximum Gasteiger partial charge on any atom is 0.248 e. The molecular formula is C20H19ClFN3OS. The number of nitrogens with one attached hydrogen (secondary N) is 1. The molecule has 3 rings (SSSR count). The Hall–Kier alpha value is -2.31. The second kappa shape index (κ2) is 8.15. The number of nitrogens with two attached hydrogens (primary N) is 1. The number of benzene rings is 2. The fraction of sp³-hybridized carbons (Fsp3) is 0.200. The van der Waals surface area contributed by atoms with E-state index in [2.05, 4.69) is 10.3 Å². The molecule has 1 aliphatic heterocycles. The molecule has 3 N–H and O–H groups in total. The third kappa shape index (κ3) is 4.70. The Labute approximate surface area is 166 Å². The number of hydrogen-bond donors (Lipinski definition) is 2. The van der Waals surface area contributed by atoms with Crippen LogP contribution in [0.5, 0.6) is 0 Å². The molecule has 0 bridgehead atoms. The second-order valence-electron chi connectivity index (χ2n) is 6.36. The molecule has 0 aliphatic carbocycles. The zero-order valence-corrected chi connectivity index (χ0v) is 16.3. The van der Waals surface area contributed by atoms with Crippen LogP contribution in [0.1, 0.15) is 24.5 Å². The Morgan fingerprint density at radius 2 is 2.15 bits per heavy atom. The highest BCUT2D eigenvalue weighted by atomic mass is 35.5. The van der Waals surface area contributed by atoms with Gasteiger partial charge in [0.2, 0.25) is 5.91 Å². The average molecular weight is 404 g/mol. The standard InChI is InChI=1S/C20H19ClFN3OS/c1-20(10-11-27-19(23)25-20)14-7-8-16(22)17(12-14)24-18(26)9-6-13-4-2-3-5-15(13)21/h2-9,12H,10-11H2,1H3,(H2,23,25)(H,24,26). The summed E-state index contributed by atoms with van der Waals surface area (Å²) < 4.78 is 14.2. The van der Waals surface area contributed by atoms with E-state index in [1.165, 1.54) is 23.9 Å². The van der Waals surface area contributed by atoms with Crippen molar-refractivity contribution in [2.45, 2.75) is 18.9 Å². The predicted molar refractivity (Wildman–Crippen MR) is 112 cm³/mol. The van der Waals surface area contributed by atoms with Gasteiger partial charge in [0.15, 0.2) is 5.17 Å². The van der Waals surface area contributed by atoms with E-state index in [1.54, 1.807) is 36.4 Å². The van der Waals surface area contributed by atoms with Crippen molar-refractivity contribution in [2.24, 2.45) is 10.7 Å². The number of carbonyl (C=O) groups excluding carboxylic acids is 1. The second-order valence-corrected chi connectivity index (χ2v) is 7.88. The van der Waals surface area contributed by atoms with Crippen LogP contribution in [0.2, 0.25) is 5.02 Å². The Bertz CT molecular complexity index is 931. The minimum atomic E-state index is -0.532. The van der Waals surface area contributed by atoms with Crippen molar-refractivity contribution in [3.8, 4) is 0 Å². The maximum absolute atomic E-state index is 14.2. The van der Waals surface area contributed by atoms with Crippen LogP contribution in [0.4, 0.5) is 10.1 Å². The molecule has 0 spiro atoms. The SMILES string of the molecule is CC1(c2ccc(F)c(NC(=O)C=Cc3ccccc3Cl)c2)CCSC(N)=N1. The summed E-state index contributed by atoms with van der Waals surface area (Å²) >= 11 is 7.56. The number of rotatable bonds is 4. The van der Waals surface area contributed by atoms with Crippen molar-refractivity contribution < 1.29 is 9.18 Å². The maximum atomic E-state index is 14.2. The fourth-order valence-electron chi connectivity index (χ4n) is 2.80. The summed E-state index contributed by atoms with van der Waals surface area (Å²) in [4.78, 5) is 16.7. The van der Waals surface area contributed by atoms with Crippen LogP contribution in [0.25, 0.3) is 6.08 Å². The lowest BCUT2D eigenvalue weighted by Crippen LogP contribution is -2.29. The molecule has 0 aromatic heterocycles. The number of halogens is 2. The van der Waals surface area contributed by atoms with Crippen molar-refractivity contribution in [1.82, 2.24) is 0 Å². The van der Waals surface area contributed by atoms with Crippen molar-refractivity contribution in [3.63, 3.8) is 0 Å². The van der Waals surface area contributed by atoms with Crippen LogP contribution in [-0.4, -0.2) is 16.8 Å². The smallest absolute Gasteiger partial charge is 0.248 e. The first-order valence-electron chi connectivity index (χ1n) is 8.39. The number of nitrogens with zero attached hydrogens (tertiary/aromatic N) is 1. The number of anilines is 1. The molecule has 1 unspecified atom stereocenters. The van der Waals surface area contributed by atoms with Gasteiger partial charge in [0.25, 0.3) is 0 Å². The monoisotopic (exact) mass is 403 g/mol. The van der Waals surface area contributed by atoms with Gasteiger partial charge >= 0.3 is 0 Å². The largest absolute Gasteiger partial charge is 0.379 e. The first kappa shape index (κ1) is 19.5. The van der Waals surface area contributed by atoms with Crippen molar-refractivity contribution in [3.05, 3.63) is 70.5 Å². The molecule has 0 fully saturated rings. The molecule has 1 heterocycles. The zero-order chi connectivity index (χ0) is 19.4. The summed E-state index contributed by atoms with van der Waals surface area (Å²) in [6.07, 6.45) is 3.69. The average Bonchev–Trinajstić information content (AvgIpc) is 2.62. The van der Waals surface area contributed by atoms with Gasteiger partial charge in [-0.1, -0.05) is 47.6 Å². The molecule has 2 aromatic rings. The number of amidine groups is 1. The number of aliphatic imine (C=N–C) groups is 1. The predicted octanol–water partition coefficient (Wildman–Crippen LogP) is 4.80. The molecule has 140 valence electrons. The van der Waals surface area contributed by atoms with E-state index < -0.39 is 17.3 Å². The summed E-state index contributed by atoms with van der Waals surface area (Å²) in [5.74, 6) is -0.117. The highest BCUT2D eigenvalue weighted by Gasteiger charge is 2.30. The Morgan fingerprint density at radius 1 is 1.37 bits per heavy atom.